The zero-order chi connectivity index (χ0) is 25.6. The molecule has 0 aliphatic carbocycles. The summed E-state index contributed by atoms with van der Waals surface area (Å²) in [6, 6.07) is 16.6. The average Bonchev–Trinajstić information content (AvgIpc) is 2.90. The smallest absolute Gasteiger partial charge is 0.254 e. The molecule has 0 atom stereocenters. The number of nitrogens with two attached hydrogens (primary N) is 1. The Morgan fingerprint density at radius 3 is 2.57 bits per heavy atom. The predicted octanol–water partition coefficient (Wildman–Crippen LogP) is 4.16. The maximum Gasteiger partial charge on any atom is 0.254 e. The molecular formula is C28H31FN4O3S. The Hall–Kier alpha value is -2.98. The summed E-state index contributed by atoms with van der Waals surface area (Å²) in [6.45, 7) is 7.29. The van der Waals surface area contributed by atoms with E-state index in [4.69, 9.17) is 15.2 Å². The Morgan fingerprint density at radius 2 is 1.78 bits per heavy atom. The third kappa shape index (κ3) is 6.67. The molecule has 0 bridgehead atoms. The highest BCUT2D eigenvalue weighted by atomic mass is 32.2. The first-order valence-corrected chi connectivity index (χ1v) is 13.7. The van der Waals surface area contributed by atoms with Crippen molar-refractivity contribution >= 4 is 17.7 Å². The second-order valence-electron chi connectivity index (χ2n) is 9.25. The monoisotopic (exact) mass is 522 g/mol. The highest BCUT2D eigenvalue weighted by molar-refractivity contribution is 7.99. The van der Waals surface area contributed by atoms with Crippen molar-refractivity contribution < 1.29 is 18.7 Å². The lowest BCUT2D eigenvalue weighted by molar-refractivity contribution is 0.0342. The van der Waals surface area contributed by atoms with E-state index in [0.717, 1.165) is 69.7 Å². The molecule has 5 rings (SSSR count). The van der Waals surface area contributed by atoms with Crippen LogP contribution in [0.4, 0.5) is 4.39 Å². The maximum absolute atomic E-state index is 13.8. The lowest BCUT2D eigenvalue weighted by Crippen LogP contribution is -2.36. The molecule has 2 aromatic carbocycles. The van der Waals surface area contributed by atoms with Crippen molar-refractivity contribution in [2.75, 3.05) is 50.9 Å². The number of pyridine rings is 1. The molecule has 0 unspecified atom stereocenters. The number of hydrogen-bond acceptors (Lipinski definition) is 7. The van der Waals surface area contributed by atoms with Crippen LogP contribution in [0.5, 0.6) is 11.6 Å². The summed E-state index contributed by atoms with van der Waals surface area (Å²) in [6.07, 6.45) is 0. The van der Waals surface area contributed by atoms with Gasteiger partial charge in [-0.25, -0.2) is 0 Å². The zero-order valence-corrected chi connectivity index (χ0v) is 21.5. The van der Waals surface area contributed by atoms with Crippen molar-refractivity contribution in [1.29, 1.82) is 0 Å². The Bertz CT molecular complexity index is 1250. The maximum atomic E-state index is 13.8. The third-order valence-electron chi connectivity index (χ3n) is 6.63. The second kappa shape index (κ2) is 12.0. The molecule has 2 N–H and O–H groups in total. The van der Waals surface area contributed by atoms with Gasteiger partial charge in [0.1, 0.15) is 11.3 Å². The minimum atomic E-state index is -0.744. The number of aromatic nitrogens is 1. The molecule has 2 aliphatic rings. The highest BCUT2D eigenvalue weighted by Gasteiger charge is 2.18. The van der Waals surface area contributed by atoms with E-state index in [-0.39, 0.29) is 11.4 Å². The largest absolute Gasteiger partial charge is 0.438 e. The molecule has 0 radical (unpaired) electrons. The molecular weight excluding hydrogens is 491 g/mol. The molecule has 1 amide bonds. The van der Waals surface area contributed by atoms with Gasteiger partial charge in [0.05, 0.1) is 13.2 Å². The van der Waals surface area contributed by atoms with Gasteiger partial charge in [0, 0.05) is 50.8 Å². The van der Waals surface area contributed by atoms with Crippen LogP contribution in [-0.2, 0) is 17.8 Å². The number of benzene rings is 2. The van der Waals surface area contributed by atoms with Crippen LogP contribution in [0, 0.1) is 5.95 Å². The van der Waals surface area contributed by atoms with Crippen LogP contribution < -0.4 is 10.5 Å². The topological polar surface area (TPSA) is 80.9 Å². The Balaban J connectivity index is 1.44. The average molecular weight is 523 g/mol. The van der Waals surface area contributed by atoms with Gasteiger partial charge in [0.25, 0.3) is 5.91 Å². The van der Waals surface area contributed by atoms with Crippen molar-refractivity contribution in [1.82, 2.24) is 14.8 Å². The van der Waals surface area contributed by atoms with E-state index in [1.807, 2.05) is 30.0 Å². The number of morpholine rings is 1. The number of amides is 1. The first-order chi connectivity index (χ1) is 18.0. The van der Waals surface area contributed by atoms with Gasteiger partial charge in [-0.2, -0.15) is 21.1 Å². The lowest BCUT2D eigenvalue weighted by Gasteiger charge is -2.29. The Labute approximate surface area is 220 Å². The number of thioether (sulfide) groups is 1. The molecule has 1 aromatic heterocycles. The number of primary amides is 1. The molecule has 2 saturated heterocycles. The number of ether oxygens (including phenoxy) is 2. The van der Waals surface area contributed by atoms with Crippen molar-refractivity contribution in [2.24, 2.45) is 5.73 Å². The molecule has 0 saturated carbocycles. The standard InChI is InChI=1S/C28H31FN4O3S/c29-26-7-6-25(27(30)34)28(31-26)36-23-3-1-2-21(17-23)24-5-4-20(18-33-10-14-37-15-11-33)16-22(24)19-32-8-12-35-13-9-32/h1-7,16-17H,8-15,18-19H2,(H2,30,34). The molecule has 0 spiro atoms. The number of halogens is 1. The van der Waals surface area contributed by atoms with Crippen LogP contribution in [-0.4, -0.2) is 71.6 Å². The predicted molar refractivity (Wildman–Crippen MR) is 143 cm³/mol. The van der Waals surface area contributed by atoms with E-state index >= 15 is 0 Å². The number of hydrogen-bond donors (Lipinski definition) is 1. The van der Waals surface area contributed by atoms with Crippen molar-refractivity contribution in [3.63, 3.8) is 0 Å². The summed E-state index contributed by atoms with van der Waals surface area (Å²) in [5.74, 6) is 1.20. The van der Waals surface area contributed by atoms with Gasteiger partial charge < -0.3 is 15.2 Å². The molecule has 37 heavy (non-hydrogen) atoms. The molecule has 7 nitrogen and oxygen atoms in total. The third-order valence-corrected chi connectivity index (χ3v) is 7.57. The van der Waals surface area contributed by atoms with Gasteiger partial charge in [0.2, 0.25) is 11.8 Å². The summed E-state index contributed by atoms with van der Waals surface area (Å²) in [7, 11) is 0. The van der Waals surface area contributed by atoms with Gasteiger partial charge in [-0.1, -0.05) is 30.3 Å². The fourth-order valence-corrected chi connectivity index (χ4v) is 5.68. The Kier molecular flexibility index (Phi) is 8.35. The van der Waals surface area contributed by atoms with E-state index in [0.29, 0.717) is 5.75 Å². The molecule has 3 aromatic rings. The second-order valence-corrected chi connectivity index (χ2v) is 10.5. The molecule has 2 fully saturated rings. The minimum absolute atomic E-state index is 0.0280. The molecule has 194 valence electrons. The molecule has 9 heteroatoms. The van der Waals surface area contributed by atoms with Gasteiger partial charge in [-0.3, -0.25) is 14.6 Å². The fraction of sp³-hybridized carbons (Fsp3) is 0.357. The van der Waals surface area contributed by atoms with Crippen LogP contribution in [0.3, 0.4) is 0 Å². The van der Waals surface area contributed by atoms with Crippen LogP contribution in [0.2, 0.25) is 0 Å². The number of rotatable bonds is 8. The SMILES string of the molecule is NC(=O)c1ccc(F)nc1Oc1cccc(-c2ccc(CN3CCSCC3)cc2CN2CCOCC2)c1. The summed E-state index contributed by atoms with van der Waals surface area (Å²) < 4.78 is 25.2. The first-order valence-electron chi connectivity index (χ1n) is 12.5. The molecule has 3 heterocycles. The van der Waals surface area contributed by atoms with Crippen molar-refractivity contribution in [3.8, 4) is 22.8 Å². The zero-order valence-electron chi connectivity index (χ0n) is 20.7. The molecule has 2 aliphatic heterocycles. The van der Waals surface area contributed by atoms with Crippen molar-refractivity contribution in [2.45, 2.75) is 13.1 Å². The lowest BCUT2D eigenvalue weighted by atomic mass is 9.96. The van der Waals surface area contributed by atoms with Gasteiger partial charge >= 0.3 is 0 Å². The van der Waals surface area contributed by atoms with Crippen LogP contribution >= 0.6 is 11.8 Å². The van der Waals surface area contributed by atoms with Crippen LogP contribution in [0.1, 0.15) is 21.5 Å². The summed E-state index contributed by atoms with van der Waals surface area (Å²) in [5, 5.41) is 0. The normalized spacial score (nSPS) is 17.0. The van der Waals surface area contributed by atoms with Crippen LogP contribution in [0.15, 0.2) is 54.6 Å². The summed E-state index contributed by atoms with van der Waals surface area (Å²) in [4.78, 5) is 20.5. The van der Waals surface area contributed by atoms with E-state index < -0.39 is 11.9 Å². The summed E-state index contributed by atoms with van der Waals surface area (Å²) in [5.41, 5.74) is 10.1. The van der Waals surface area contributed by atoms with Gasteiger partial charge in [-0.05, 0) is 46.5 Å². The van der Waals surface area contributed by atoms with Gasteiger partial charge in [0.15, 0.2) is 0 Å². The van der Waals surface area contributed by atoms with Crippen molar-refractivity contribution in [3.05, 3.63) is 77.2 Å². The Morgan fingerprint density at radius 1 is 1.00 bits per heavy atom. The number of carbonyl (C=O) groups is 1. The van der Waals surface area contributed by atoms with Crippen LogP contribution in [0.25, 0.3) is 11.1 Å². The quantitative estimate of drug-likeness (QED) is 0.445. The van der Waals surface area contributed by atoms with E-state index in [2.05, 4.69) is 33.0 Å². The highest BCUT2D eigenvalue weighted by Crippen LogP contribution is 2.32. The minimum Gasteiger partial charge on any atom is -0.438 e. The fourth-order valence-electron chi connectivity index (χ4n) is 4.70. The summed E-state index contributed by atoms with van der Waals surface area (Å²) >= 11 is 2.02. The number of nitrogens with zero attached hydrogens (tertiary/aromatic N) is 3. The van der Waals surface area contributed by atoms with E-state index in [9.17, 15) is 9.18 Å². The number of carbonyl (C=O) groups excluding carboxylic acids is 1. The van der Waals surface area contributed by atoms with E-state index in [1.54, 1.807) is 6.07 Å². The van der Waals surface area contributed by atoms with Gasteiger partial charge in [-0.15, -0.1) is 0 Å². The van der Waals surface area contributed by atoms with E-state index in [1.165, 1.54) is 28.7 Å². The first kappa shape index (κ1) is 25.7.